The monoisotopic (exact) mass is 461 g/mol. The molecule has 10 heteroatoms. The Kier molecular flexibility index (Phi) is 5.81. The van der Waals surface area contributed by atoms with Crippen molar-refractivity contribution in [1.29, 1.82) is 0 Å². The van der Waals surface area contributed by atoms with Gasteiger partial charge in [0.1, 0.15) is 17.9 Å². The van der Waals surface area contributed by atoms with Gasteiger partial charge in [-0.2, -0.15) is 0 Å². The zero-order valence-electron chi connectivity index (χ0n) is 14.1. The minimum atomic E-state index is -0.613. The number of thiocarbonyl (C=S) groups is 1. The van der Waals surface area contributed by atoms with Gasteiger partial charge in [0.15, 0.2) is 5.11 Å². The van der Waals surface area contributed by atoms with Crippen LogP contribution in [0.2, 0.25) is 0 Å². The van der Waals surface area contributed by atoms with Crippen LogP contribution in [0.4, 0.5) is 5.69 Å². The van der Waals surface area contributed by atoms with Crippen LogP contribution in [0.3, 0.4) is 0 Å². The van der Waals surface area contributed by atoms with E-state index >= 15 is 0 Å². The minimum absolute atomic E-state index is 0.0363. The topological polar surface area (TPSA) is 111 Å². The molecule has 0 aromatic heterocycles. The van der Waals surface area contributed by atoms with Gasteiger partial charge in [0.25, 0.3) is 17.5 Å². The lowest BCUT2D eigenvalue weighted by Crippen LogP contribution is -2.51. The third kappa shape index (κ3) is 4.59. The molecule has 28 heavy (non-hydrogen) atoms. The number of ether oxygens (including phenoxy) is 1. The lowest BCUT2D eigenvalue weighted by Gasteiger charge is -2.17. The molecule has 1 aliphatic rings. The molecule has 2 aromatic rings. The van der Waals surface area contributed by atoms with E-state index in [1.165, 1.54) is 18.2 Å². The van der Waals surface area contributed by atoms with Crippen molar-refractivity contribution in [2.45, 2.75) is 6.61 Å². The predicted molar refractivity (Wildman–Crippen MR) is 108 cm³/mol. The number of hydrogen-bond acceptors (Lipinski definition) is 6. The van der Waals surface area contributed by atoms with Gasteiger partial charge in [-0.05, 0) is 42.1 Å². The van der Waals surface area contributed by atoms with Gasteiger partial charge in [0.2, 0.25) is 0 Å². The highest BCUT2D eigenvalue weighted by Crippen LogP contribution is 2.27. The molecule has 1 heterocycles. The Morgan fingerprint density at radius 2 is 1.86 bits per heavy atom. The summed E-state index contributed by atoms with van der Waals surface area (Å²) in [6.45, 7) is 0.0714. The number of nitro groups is 1. The SMILES string of the molecule is O=C1NC(=S)NC(=O)C1=Cc1cc(Br)ccc1OCc1cccc([N+](=O)[O-])c1. The number of benzene rings is 2. The molecule has 2 amide bonds. The number of nitrogens with zero attached hydrogens (tertiary/aromatic N) is 1. The maximum Gasteiger partial charge on any atom is 0.269 e. The molecule has 3 rings (SSSR count). The number of nitrogens with one attached hydrogen (secondary N) is 2. The molecule has 0 saturated carbocycles. The van der Waals surface area contributed by atoms with Gasteiger partial charge in [-0.15, -0.1) is 0 Å². The highest BCUT2D eigenvalue weighted by molar-refractivity contribution is 9.10. The maximum absolute atomic E-state index is 12.1. The first kappa shape index (κ1) is 19.6. The van der Waals surface area contributed by atoms with E-state index in [2.05, 4.69) is 26.6 Å². The second-order valence-corrected chi connectivity index (χ2v) is 7.02. The molecular formula is C18H12BrN3O5S. The Morgan fingerprint density at radius 3 is 2.54 bits per heavy atom. The fraction of sp³-hybridized carbons (Fsp3) is 0.0556. The maximum atomic E-state index is 12.1. The van der Waals surface area contributed by atoms with Crippen molar-refractivity contribution in [3.05, 3.63) is 73.8 Å². The van der Waals surface area contributed by atoms with Crippen LogP contribution in [-0.4, -0.2) is 21.9 Å². The third-order valence-corrected chi connectivity index (χ3v) is 4.43. The average molecular weight is 462 g/mol. The lowest BCUT2D eigenvalue weighted by atomic mass is 10.1. The van der Waals surface area contributed by atoms with Crippen LogP contribution in [0.15, 0.2) is 52.5 Å². The fourth-order valence-corrected chi connectivity index (χ4v) is 3.01. The van der Waals surface area contributed by atoms with Gasteiger partial charge in [-0.3, -0.25) is 30.3 Å². The van der Waals surface area contributed by atoms with Crippen LogP contribution < -0.4 is 15.4 Å². The van der Waals surface area contributed by atoms with E-state index in [0.29, 0.717) is 21.3 Å². The Bertz CT molecular complexity index is 1020. The molecule has 0 aliphatic carbocycles. The van der Waals surface area contributed by atoms with Crippen molar-refractivity contribution >= 4 is 56.8 Å². The van der Waals surface area contributed by atoms with E-state index in [0.717, 1.165) is 0 Å². The Hall–Kier alpha value is -3.11. The van der Waals surface area contributed by atoms with E-state index < -0.39 is 16.7 Å². The highest BCUT2D eigenvalue weighted by Gasteiger charge is 2.26. The number of amides is 2. The summed E-state index contributed by atoms with van der Waals surface area (Å²) < 4.78 is 6.49. The second-order valence-electron chi connectivity index (χ2n) is 5.69. The van der Waals surface area contributed by atoms with Gasteiger partial charge in [-0.1, -0.05) is 28.1 Å². The van der Waals surface area contributed by atoms with Crippen LogP contribution in [0, 0.1) is 10.1 Å². The fourth-order valence-electron chi connectivity index (χ4n) is 2.45. The van der Waals surface area contributed by atoms with E-state index in [9.17, 15) is 19.7 Å². The van der Waals surface area contributed by atoms with Crippen molar-refractivity contribution in [2.24, 2.45) is 0 Å². The summed E-state index contributed by atoms with van der Waals surface area (Å²) in [4.78, 5) is 34.5. The molecule has 2 N–H and O–H groups in total. The Labute approximate surface area is 172 Å². The molecular weight excluding hydrogens is 450 g/mol. The van der Waals surface area contributed by atoms with Gasteiger partial charge >= 0.3 is 0 Å². The molecule has 0 unspecified atom stereocenters. The number of hydrogen-bond donors (Lipinski definition) is 2. The Balaban J connectivity index is 1.87. The summed E-state index contributed by atoms with van der Waals surface area (Å²) in [5, 5.41) is 15.6. The smallest absolute Gasteiger partial charge is 0.269 e. The van der Waals surface area contributed by atoms with E-state index in [1.54, 1.807) is 30.3 Å². The predicted octanol–water partition coefficient (Wildman–Crippen LogP) is 2.85. The molecule has 0 spiro atoms. The normalized spacial score (nSPS) is 13.6. The van der Waals surface area contributed by atoms with Crippen molar-refractivity contribution in [1.82, 2.24) is 10.6 Å². The quantitative estimate of drug-likeness (QED) is 0.233. The zero-order valence-corrected chi connectivity index (χ0v) is 16.5. The summed E-state index contributed by atoms with van der Waals surface area (Å²) in [5.41, 5.74) is 0.930. The molecule has 1 fully saturated rings. The van der Waals surface area contributed by atoms with Crippen molar-refractivity contribution in [2.75, 3.05) is 0 Å². The first-order valence-corrected chi connectivity index (χ1v) is 9.07. The number of carbonyl (C=O) groups is 2. The summed E-state index contributed by atoms with van der Waals surface area (Å²) >= 11 is 8.12. The van der Waals surface area contributed by atoms with Crippen LogP contribution in [-0.2, 0) is 16.2 Å². The Morgan fingerprint density at radius 1 is 1.14 bits per heavy atom. The number of carbonyl (C=O) groups excluding carboxylic acids is 2. The first-order chi connectivity index (χ1) is 13.3. The number of halogens is 1. The van der Waals surface area contributed by atoms with E-state index in [-0.39, 0.29) is 23.0 Å². The summed E-state index contributed by atoms with van der Waals surface area (Å²) in [7, 11) is 0. The summed E-state index contributed by atoms with van der Waals surface area (Å²) in [5.74, 6) is -0.826. The van der Waals surface area contributed by atoms with Gasteiger partial charge < -0.3 is 4.74 Å². The molecule has 2 aromatic carbocycles. The van der Waals surface area contributed by atoms with Crippen LogP contribution in [0.25, 0.3) is 6.08 Å². The average Bonchev–Trinajstić information content (AvgIpc) is 2.64. The molecule has 1 aliphatic heterocycles. The second kappa shape index (κ2) is 8.28. The molecule has 0 radical (unpaired) electrons. The van der Waals surface area contributed by atoms with Crippen molar-refractivity contribution < 1.29 is 19.2 Å². The largest absolute Gasteiger partial charge is 0.488 e. The molecule has 1 saturated heterocycles. The molecule has 0 atom stereocenters. The summed E-state index contributed by atoms with van der Waals surface area (Å²) in [6, 6.07) is 11.2. The van der Waals surface area contributed by atoms with Crippen LogP contribution >= 0.6 is 28.1 Å². The summed E-state index contributed by atoms with van der Waals surface area (Å²) in [6.07, 6.45) is 1.39. The number of rotatable bonds is 5. The van der Waals surface area contributed by atoms with Gasteiger partial charge in [0, 0.05) is 22.2 Å². The highest BCUT2D eigenvalue weighted by atomic mass is 79.9. The standard InChI is InChI=1S/C18H12BrN3O5S/c19-12-4-5-15(27-9-10-2-1-3-13(6-10)22(25)26)11(7-12)8-14-16(23)20-18(28)21-17(14)24/h1-8H,9H2,(H2,20,21,23,24,28). The zero-order chi connectivity index (χ0) is 20.3. The van der Waals surface area contributed by atoms with E-state index in [4.69, 9.17) is 17.0 Å². The van der Waals surface area contributed by atoms with Crippen LogP contribution in [0.5, 0.6) is 5.75 Å². The number of nitro benzene ring substituents is 1. The molecule has 0 bridgehead atoms. The van der Waals surface area contributed by atoms with Gasteiger partial charge in [-0.25, -0.2) is 0 Å². The number of non-ortho nitro benzene ring substituents is 1. The first-order valence-electron chi connectivity index (χ1n) is 7.87. The minimum Gasteiger partial charge on any atom is -0.488 e. The molecule has 8 nitrogen and oxygen atoms in total. The lowest BCUT2D eigenvalue weighted by molar-refractivity contribution is -0.384. The van der Waals surface area contributed by atoms with Crippen LogP contribution in [0.1, 0.15) is 11.1 Å². The third-order valence-electron chi connectivity index (χ3n) is 3.73. The van der Waals surface area contributed by atoms with Crippen molar-refractivity contribution in [3.63, 3.8) is 0 Å². The molecule has 142 valence electrons. The van der Waals surface area contributed by atoms with E-state index in [1.807, 2.05) is 0 Å². The van der Waals surface area contributed by atoms with Crippen molar-refractivity contribution in [3.8, 4) is 5.75 Å². The van der Waals surface area contributed by atoms with Gasteiger partial charge in [0.05, 0.1) is 4.92 Å².